The zero-order chi connectivity index (χ0) is 11.5. The second-order valence-electron chi connectivity index (χ2n) is 5.78. The van der Waals surface area contributed by atoms with Crippen LogP contribution in [0.1, 0.15) is 69.4 Å². The van der Waals surface area contributed by atoms with E-state index in [1.54, 1.807) is 5.56 Å². The van der Waals surface area contributed by atoms with Crippen LogP contribution in [0.5, 0.6) is 0 Å². The van der Waals surface area contributed by atoms with Gasteiger partial charge in [-0.2, -0.15) is 0 Å². The van der Waals surface area contributed by atoms with Crippen LogP contribution in [0.4, 0.5) is 0 Å². The molecule has 0 spiro atoms. The molecule has 0 N–H and O–H groups in total. The standard InChI is InChI=1S/C16H24/c1-12(2)15-5-4-6-16(11-15)14-9-7-13(3)8-10-14/h4-6,11-14H,7-10H2,1-3H3. The van der Waals surface area contributed by atoms with Crippen molar-refractivity contribution in [1.29, 1.82) is 0 Å². The number of rotatable bonds is 2. The molecule has 0 radical (unpaired) electrons. The van der Waals surface area contributed by atoms with E-state index in [1.807, 2.05) is 0 Å². The average molecular weight is 216 g/mol. The van der Waals surface area contributed by atoms with E-state index in [-0.39, 0.29) is 0 Å². The van der Waals surface area contributed by atoms with Gasteiger partial charge in [0.25, 0.3) is 0 Å². The fraction of sp³-hybridized carbons (Fsp3) is 0.625. The van der Waals surface area contributed by atoms with Crippen LogP contribution in [0, 0.1) is 5.92 Å². The van der Waals surface area contributed by atoms with E-state index in [9.17, 15) is 0 Å². The van der Waals surface area contributed by atoms with Gasteiger partial charge in [0, 0.05) is 0 Å². The molecule has 0 heterocycles. The summed E-state index contributed by atoms with van der Waals surface area (Å²) in [6.07, 6.45) is 5.61. The number of hydrogen-bond donors (Lipinski definition) is 0. The Morgan fingerprint density at radius 2 is 1.75 bits per heavy atom. The first kappa shape index (κ1) is 11.7. The van der Waals surface area contributed by atoms with E-state index >= 15 is 0 Å². The average Bonchev–Trinajstić information content (AvgIpc) is 2.30. The van der Waals surface area contributed by atoms with Crippen LogP contribution in [0.25, 0.3) is 0 Å². The second kappa shape index (κ2) is 5.03. The first-order chi connectivity index (χ1) is 7.66. The van der Waals surface area contributed by atoms with E-state index < -0.39 is 0 Å². The lowest BCUT2D eigenvalue weighted by Crippen LogP contribution is -2.11. The minimum Gasteiger partial charge on any atom is -0.0625 e. The molecule has 2 rings (SSSR count). The van der Waals surface area contributed by atoms with Crippen molar-refractivity contribution >= 4 is 0 Å². The Bertz CT molecular complexity index is 330. The topological polar surface area (TPSA) is 0 Å². The Morgan fingerprint density at radius 1 is 1.06 bits per heavy atom. The lowest BCUT2D eigenvalue weighted by atomic mass is 9.79. The highest BCUT2D eigenvalue weighted by atomic mass is 14.2. The summed E-state index contributed by atoms with van der Waals surface area (Å²) < 4.78 is 0. The van der Waals surface area contributed by atoms with Crippen LogP contribution in [0.2, 0.25) is 0 Å². The van der Waals surface area contributed by atoms with E-state index in [4.69, 9.17) is 0 Å². The van der Waals surface area contributed by atoms with Crippen molar-refractivity contribution in [3.05, 3.63) is 35.4 Å². The quantitative estimate of drug-likeness (QED) is 0.645. The molecule has 1 aliphatic rings. The summed E-state index contributed by atoms with van der Waals surface area (Å²) in [6.45, 7) is 6.95. The van der Waals surface area contributed by atoms with Gasteiger partial charge in [-0.3, -0.25) is 0 Å². The number of hydrogen-bond acceptors (Lipinski definition) is 0. The van der Waals surface area contributed by atoms with E-state index in [0.717, 1.165) is 11.8 Å². The lowest BCUT2D eigenvalue weighted by Gasteiger charge is -2.27. The Balaban J connectivity index is 2.11. The molecule has 1 fully saturated rings. The molecule has 0 aromatic heterocycles. The summed E-state index contributed by atoms with van der Waals surface area (Å²) in [5.74, 6) is 2.43. The Labute approximate surface area is 100 Å². The fourth-order valence-electron chi connectivity index (χ4n) is 2.77. The maximum absolute atomic E-state index is 2.44. The predicted octanol–water partition coefficient (Wildman–Crippen LogP) is 5.10. The van der Waals surface area contributed by atoms with E-state index in [2.05, 4.69) is 45.0 Å². The molecule has 0 saturated heterocycles. The number of benzene rings is 1. The van der Waals surface area contributed by atoms with E-state index in [1.165, 1.54) is 31.2 Å². The molecule has 1 aromatic rings. The molecule has 1 aromatic carbocycles. The molecular weight excluding hydrogens is 192 g/mol. The molecule has 0 bridgehead atoms. The molecule has 1 saturated carbocycles. The van der Waals surface area contributed by atoms with Gasteiger partial charge in [-0.1, -0.05) is 57.9 Å². The zero-order valence-corrected chi connectivity index (χ0v) is 10.9. The Hall–Kier alpha value is -0.780. The van der Waals surface area contributed by atoms with Crippen LogP contribution >= 0.6 is 0 Å². The molecule has 0 atom stereocenters. The second-order valence-corrected chi connectivity index (χ2v) is 5.78. The molecule has 16 heavy (non-hydrogen) atoms. The lowest BCUT2D eigenvalue weighted by molar-refractivity contribution is 0.348. The van der Waals surface area contributed by atoms with Gasteiger partial charge in [0.15, 0.2) is 0 Å². The van der Waals surface area contributed by atoms with Crippen molar-refractivity contribution < 1.29 is 0 Å². The van der Waals surface area contributed by atoms with Crippen molar-refractivity contribution in [3.63, 3.8) is 0 Å². The van der Waals surface area contributed by atoms with Crippen LogP contribution in [0.15, 0.2) is 24.3 Å². The third-order valence-corrected chi connectivity index (χ3v) is 4.06. The molecule has 0 nitrogen and oxygen atoms in total. The normalized spacial score (nSPS) is 26.0. The van der Waals surface area contributed by atoms with Gasteiger partial charge in [0.1, 0.15) is 0 Å². The van der Waals surface area contributed by atoms with Crippen molar-refractivity contribution in [2.45, 2.75) is 58.3 Å². The largest absolute Gasteiger partial charge is 0.0625 e. The highest BCUT2D eigenvalue weighted by Gasteiger charge is 2.19. The highest BCUT2D eigenvalue weighted by Crippen LogP contribution is 2.36. The smallest absolute Gasteiger partial charge is 0.0162 e. The predicted molar refractivity (Wildman–Crippen MR) is 70.9 cm³/mol. The summed E-state index contributed by atoms with van der Waals surface area (Å²) in [4.78, 5) is 0. The van der Waals surface area contributed by atoms with Gasteiger partial charge in [0.2, 0.25) is 0 Å². The summed E-state index contributed by atoms with van der Waals surface area (Å²) >= 11 is 0. The molecular formula is C16H24. The van der Waals surface area contributed by atoms with E-state index in [0.29, 0.717) is 5.92 Å². The van der Waals surface area contributed by atoms with Crippen molar-refractivity contribution in [3.8, 4) is 0 Å². The Morgan fingerprint density at radius 3 is 2.38 bits per heavy atom. The maximum atomic E-state index is 2.44. The first-order valence-electron chi connectivity index (χ1n) is 6.76. The molecule has 1 aliphatic carbocycles. The third-order valence-electron chi connectivity index (χ3n) is 4.06. The first-order valence-corrected chi connectivity index (χ1v) is 6.76. The fourth-order valence-corrected chi connectivity index (χ4v) is 2.77. The molecule has 0 amide bonds. The molecule has 0 aliphatic heterocycles. The van der Waals surface area contributed by atoms with Crippen molar-refractivity contribution in [1.82, 2.24) is 0 Å². The van der Waals surface area contributed by atoms with Gasteiger partial charge < -0.3 is 0 Å². The molecule has 0 heteroatoms. The van der Waals surface area contributed by atoms with Gasteiger partial charge in [0.05, 0.1) is 0 Å². The summed E-state index contributed by atoms with van der Waals surface area (Å²) in [6, 6.07) is 9.26. The van der Waals surface area contributed by atoms with Gasteiger partial charge in [-0.25, -0.2) is 0 Å². The van der Waals surface area contributed by atoms with Crippen molar-refractivity contribution in [2.75, 3.05) is 0 Å². The molecule has 0 unspecified atom stereocenters. The Kier molecular flexibility index (Phi) is 3.68. The van der Waals surface area contributed by atoms with Crippen LogP contribution in [-0.2, 0) is 0 Å². The van der Waals surface area contributed by atoms with Gasteiger partial charge in [-0.05, 0) is 41.7 Å². The van der Waals surface area contributed by atoms with Crippen LogP contribution < -0.4 is 0 Å². The summed E-state index contributed by atoms with van der Waals surface area (Å²) in [5.41, 5.74) is 3.08. The zero-order valence-electron chi connectivity index (χ0n) is 10.9. The maximum Gasteiger partial charge on any atom is -0.0162 e. The summed E-state index contributed by atoms with van der Waals surface area (Å²) in [7, 11) is 0. The van der Waals surface area contributed by atoms with Crippen molar-refractivity contribution in [2.24, 2.45) is 5.92 Å². The van der Waals surface area contributed by atoms with Gasteiger partial charge >= 0.3 is 0 Å². The van der Waals surface area contributed by atoms with Crippen LogP contribution in [0.3, 0.4) is 0 Å². The monoisotopic (exact) mass is 216 g/mol. The van der Waals surface area contributed by atoms with Gasteiger partial charge in [-0.15, -0.1) is 0 Å². The highest BCUT2D eigenvalue weighted by molar-refractivity contribution is 5.28. The third kappa shape index (κ3) is 2.66. The minimum absolute atomic E-state index is 0.655. The molecule has 88 valence electrons. The van der Waals surface area contributed by atoms with Crippen LogP contribution in [-0.4, -0.2) is 0 Å². The minimum atomic E-state index is 0.655. The SMILES string of the molecule is CC1CCC(c2cccc(C(C)C)c2)CC1. The summed E-state index contributed by atoms with van der Waals surface area (Å²) in [5, 5.41) is 0.